The highest BCUT2D eigenvalue weighted by atomic mass is 32.2. The summed E-state index contributed by atoms with van der Waals surface area (Å²) in [6.07, 6.45) is 2.26. The number of aliphatic hydroxyl groups is 1. The van der Waals surface area contributed by atoms with E-state index in [4.69, 9.17) is 10.8 Å². The van der Waals surface area contributed by atoms with E-state index in [1.165, 1.54) is 4.31 Å². The van der Waals surface area contributed by atoms with E-state index in [1.807, 2.05) is 0 Å². The topological polar surface area (TPSA) is 83.6 Å². The van der Waals surface area contributed by atoms with Crippen LogP contribution in [-0.4, -0.2) is 49.8 Å². The number of hydrogen-bond donors (Lipinski definition) is 2. The zero-order chi connectivity index (χ0) is 11.3. The molecule has 1 unspecified atom stereocenters. The van der Waals surface area contributed by atoms with E-state index in [-0.39, 0.29) is 18.3 Å². The third-order valence-electron chi connectivity index (χ3n) is 2.74. The second-order valence-corrected chi connectivity index (χ2v) is 6.10. The summed E-state index contributed by atoms with van der Waals surface area (Å²) in [7, 11) is -3.15. The van der Waals surface area contributed by atoms with Crippen LogP contribution in [0, 0.1) is 5.92 Å². The Morgan fingerprint density at radius 2 is 2.20 bits per heavy atom. The summed E-state index contributed by atoms with van der Waals surface area (Å²) in [5.41, 5.74) is 5.30. The standard InChI is InChI=1S/C9H20N2O3S/c10-4-2-6-15(13,14)11-5-1-3-9(7-11)8-12/h9,12H,1-8,10H2. The van der Waals surface area contributed by atoms with Gasteiger partial charge in [0.1, 0.15) is 0 Å². The highest BCUT2D eigenvalue weighted by Crippen LogP contribution is 2.19. The van der Waals surface area contributed by atoms with E-state index in [0.717, 1.165) is 12.8 Å². The van der Waals surface area contributed by atoms with E-state index >= 15 is 0 Å². The summed E-state index contributed by atoms with van der Waals surface area (Å²) in [5.74, 6) is 0.230. The van der Waals surface area contributed by atoms with Crippen molar-refractivity contribution < 1.29 is 13.5 Å². The summed E-state index contributed by atoms with van der Waals surface area (Å²) >= 11 is 0. The van der Waals surface area contributed by atoms with Crippen LogP contribution < -0.4 is 5.73 Å². The molecule has 90 valence electrons. The molecule has 0 bridgehead atoms. The molecule has 0 aromatic heterocycles. The minimum Gasteiger partial charge on any atom is -0.396 e. The Labute approximate surface area is 91.3 Å². The fraction of sp³-hybridized carbons (Fsp3) is 1.00. The molecule has 0 radical (unpaired) electrons. The fourth-order valence-electron chi connectivity index (χ4n) is 1.82. The van der Waals surface area contributed by atoms with Gasteiger partial charge in [0, 0.05) is 19.7 Å². The molecule has 1 aliphatic heterocycles. The minimum atomic E-state index is -3.15. The molecule has 15 heavy (non-hydrogen) atoms. The zero-order valence-electron chi connectivity index (χ0n) is 8.93. The lowest BCUT2D eigenvalue weighted by atomic mass is 10.0. The van der Waals surface area contributed by atoms with Gasteiger partial charge >= 0.3 is 0 Å². The Balaban J connectivity index is 2.54. The lowest BCUT2D eigenvalue weighted by Gasteiger charge is -2.30. The van der Waals surface area contributed by atoms with E-state index in [9.17, 15) is 8.42 Å². The zero-order valence-corrected chi connectivity index (χ0v) is 9.75. The van der Waals surface area contributed by atoms with Crippen molar-refractivity contribution in [2.24, 2.45) is 11.7 Å². The Morgan fingerprint density at radius 3 is 2.80 bits per heavy atom. The number of hydrogen-bond acceptors (Lipinski definition) is 4. The number of piperidine rings is 1. The average molecular weight is 236 g/mol. The first-order chi connectivity index (χ1) is 7.10. The lowest BCUT2D eigenvalue weighted by molar-refractivity contribution is 0.165. The van der Waals surface area contributed by atoms with E-state index in [1.54, 1.807) is 0 Å². The van der Waals surface area contributed by atoms with Gasteiger partial charge in [-0.1, -0.05) is 0 Å². The van der Waals surface area contributed by atoms with Gasteiger partial charge in [-0.3, -0.25) is 0 Å². The molecule has 1 fully saturated rings. The number of rotatable bonds is 5. The summed E-state index contributed by atoms with van der Waals surface area (Å²) in [5, 5.41) is 9.01. The fourth-order valence-corrected chi connectivity index (χ4v) is 3.46. The highest BCUT2D eigenvalue weighted by Gasteiger charge is 2.27. The van der Waals surface area contributed by atoms with Gasteiger partial charge in [-0.25, -0.2) is 12.7 Å². The van der Waals surface area contributed by atoms with E-state index < -0.39 is 10.0 Å². The van der Waals surface area contributed by atoms with Crippen LogP contribution in [0.5, 0.6) is 0 Å². The second-order valence-electron chi connectivity index (χ2n) is 4.01. The van der Waals surface area contributed by atoms with Gasteiger partial charge < -0.3 is 10.8 Å². The quantitative estimate of drug-likeness (QED) is 0.665. The van der Waals surface area contributed by atoms with Crippen molar-refractivity contribution in [1.29, 1.82) is 0 Å². The van der Waals surface area contributed by atoms with Crippen LogP contribution in [0.25, 0.3) is 0 Å². The maximum atomic E-state index is 11.8. The van der Waals surface area contributed by atoms with Crippen LogP contribution in [0.3, 0.4) is 0 Å². The molecule has 0 amide bonds. The first-order valence-electron chi connectivity index (χ1n) is 5.39. The number of nitrogens with zero attached hydrogens (tertiary/aromatic N) is 1. The third kappa shape index (κ3) is 3.71. The summed E-state index contributed by atoms with van der Waals surface area (Å²) in [4.78, 5) is 0. The normalized spacial score (nSPS) is 24.3. The van der Waals surface area contributed by atoms with Gasteiger partial charge in [0.25, 0.3) is 0 Å². The van der Waals surface area contributed by atoms with Gasteiger partial charge in [-0.15, -0.1) is 0 Å². The largest absolute Gasteiger partial charge is 0.396 e. The molecular formula is C9H20N2O3S. The van der Waals surface area contributed by atoms with Gasteiger partial charge in [0.05, 0.1) is 5.75 Å². The maximum absolute atomic E-state index is 11.8. The molecule has 1 heterocycles. The number of nitrogens with two attached hydrogens (primary N) is 1. The molecule has 0 spiro atoms. The number of sulfonamides is 1. The predicted molar refractivity (Wildman–Crippen MR) is 58.8 cm³/mol. The Bertz CT molecular complexity index is 279. The molecule has 1 saturated heterocycles. The first-order valence-corrected chi connectivity index (χ1v) is 7.00. The molecule has 1 atom stereocenters. The predicted octanol–water partition coefficient (Wildman–Crippen LogP) is -0.631. The van der Waals surface area contributed by atoms with Crippen molar-refractivity contribution in [1.82, 2.24) is 4.31 Å². The Morgan fingerprint density at radius 1 is 1.47 bits per heavy atom. The van der Waals surface area contributed by atoms with Crippen LogP contribution in [0.2, 0.25) is 0 Å². The van der Waals surface area contributed by atoms with Crippen molar-refractivity contribution in [3.8, 4) is 0 Å². The summed E-state index contributed by atoms with van der Waals surface area (Å²) < 4.78 is 25.1. The van der Waals surface area contributed by atoms with Crippen molar-refractivity contribution in [2.75, 3.05) is 32.0 Å². The Hall–Kier alpha value is -0.170. The van der Waals surface area contributed by atoms with Gasteiger partial charge in [0.15, 0.2) is 0 Å². The van der Waals surface area contributed by atoms with E-state index in [0.29, 0.717) is 26.1 Å². The summed E-state index contributed by atoms with van der Waals surface area (Å²) in [6, 6.07) is 0. The van der Waals surface area contributed by atoms with Crippen molar-refractivity contribution >= 4 is 10.0 Å². The smallest absolute Gasteiger partial charge is 0.214 e. The van der Waals surface area contributed by atoms with Crippen molar-refractivity contribution in [3.63, 3.8) is 0 Å². The maximum Gasteiger partial charge on any atom is 0.214 e. The molecule has 5 nitrogen and oxygen atoms in total. The van der Waals surface area contributed by atoms with Gasteiger partial charge in [-0.05, 0) is 31.7 Å². The third-order valence-corrected chi connectivity index (χ3v) is 4.66. The lowest BCUT2D eigenvalue weighted by Crippen LogP contribution is -2.42. The SMILES string of the molecule is NCCCS(=O)(=O)N1CCCC(CO)C1. The van der Waals surface area contributed by atoms with Crippen LogP contribution in [0.1, 0.15) is 19.3 Å². The van der Waals surface area contributed by atoms with Gasteiger partial charge in [-0.2, -0.15) is 0 Å². The molecule has 3 N–H and O–H groups in total. The molecule has 1 aliphatic rings. The van der Waals surface area contributed by atoms with Crippen molar-refractivity contribution in [3.05, 3.63) is 0 Å². The second kappa shape index (κ2) is 5.79. The molecule has 0 aromatic carbocycles. The molecule has 0 saturated carbocycles. The molecule has 0 aromatic rings. The molecular weight excluding hydrogens is 216 g/mol. The number of aliphatic hydroxyl groups excluding tert-OH is 1. The molecule has 6 heteroatoms. The monoisotopic (exact) mass is 236 g/mol. The molecule has 1 rings (SSSR count). The van der Waals surface area contributed by atoms with Crippen LogP contribution in [0.15, 0.2) is 0 Å². The van der Waals surface area contributed by atoms with Crippen LogP contribution in [-0.2, 0) is 10.0 Å². The average Bonchev–Trinajstić information content (AvgIpc) is 2.26. The van der Waals surface area contributed by atoms with Crippen molar-refractivity contribution in [2.45, 2.75) is 19.3 Å². The minimum absolute atomic E-state index is 0.0723. The summed E-state index contributed by atoms with van der Waals surface area (Å²) in [6.45, 7) is 1.52. The Kier molecular flexibility index (Phi) is 4.98. The highest BCUT2D eigenvalue weighted by molar-refractivity contribution is 7.89. The first kappa shape index (κ1) is 12.9. The van der Waals surface area contributed by atoms with Crippen LogP contribution >= 0.6 is 0 Å². The van der Waals surface area contributed by atoms with Gasteiger partial charge in [0.2, 0.25) is 10.0 Å². The molecule has 0 aliphatic carbocycles. The van der Waals surface area contributed by atoms with Crippen LogP contribution in [0.4, 0.5) is 0 Å². The van der Waals surface area contributed by atoms with E-state index in [2.05, 4.69) is 0 Å².